The number of carbonyl (C=O) groups is 1. The Morgan fingerprint density at radius 1 is 1.14 bits per heavy atom. The molecular weight excluding hydrogens is 391 g/mol. The number of aromatic nitrogens is 2. The fourth-order valence-corrected chi connectivity index (χ4v) is 5.07. The molecule has 0 saturated carbocycles. The van der Waals surface area contributed by atoms with Crippen LogP contribution in [0.4, 0.5) is 10.2 Å². The normalized spacial score (nSPS) is 19.8. The SMILES string of the molecule is O=C([C@@H]1CCCO1)N1CCN(c2ncnc3cc(-c4ccc(F)cc4)sc23)CC1. The first-order valence-electron chi connectivity index (χ1n) is 9.85. The van der Waals surface area contributed by atoms with E-state index >= 15 is 0 Å². The Morgan fingerprint density at radius 3 is 2.66 bits per heavy atom. The van der Waals surface area contributed by atoms with Gasteiger partial charge in [-0.25, -0.2) is 14.4 Å². The van der Waals surface area contributed by atoms with Crippen LogP contribution >= 0.6 is 11.3 Å². The number of fused-ring (bicyclic) bond motifs is 1. The highest BCUT2D eigenvalue weighted by Gasteiger charge is 2.31. The summed E-state index contributed by atoms with van der Waals surface area (Å²) in [5.41, 5.74) is 1.85. The third kappa shape index (κ3) is 3.58. The van der Waals surface area contributed by atoms with E-state index in [1.54, 1.807) is 29.8 Å². The van der Waals surface area contributed by atoms with Gasteiger partial charge in [0.15, 0.2) is 0 Å². The molecule has 0 aliphatic carbocycles. The number of rotatable bonds is 3. The Labute approximate surface area is 171 Å². The second-order valence-corrected chi connectivity index (χ2v) is 8.40. The molecule has 8 heteroatoms. The van der Waals surface area contributed by atoms with Gasteiger partial charge in [0.1, 0.15) is 24.1 Å². The minimum atomic E-state index is -0.261. The highest BCUT2D eigenvalue weighted by molar-refractivity contribution is 7.22. The van der Waals surface area contributed by atoms with Gasteiger partial charge in [0.2, 0.25) is 0 Å². The van der Waals surface area contributed by atoms with E-state index in [0.29, 0.717) is 19.7 Å². The molecule has 1 atom stereocenters. The number of ether oxygens (including phenoxy) is 1. The molecule has 1 amide bonds. The lowest BCUT2D eigenvalue weighted by atomic mass is 10.2. The molecule has 2 fully saturated rings. The van der Waals surface area contributed by atoms with Gasteiger partial charge in [-0.05, 0) is 36.6 Å². The topological polar surface area (TPSA) is 58.6 Å². The van der Waals surface area contributed by atoms with E-state index in [1.807, 2.05) is 11.0 Å². The first-order valence-corrected chi connectivity index (χ1v) is 10.7. The Balaban J connectivity index is 1.35. The smallest absolute Gasteiger partial charge is 0.251 e. The molecule has 4 heterocycles. The molecule has 2 aliphatic heterocycles. The fraction of sp³-hybridized carbons (Fsp3) is 0.381. The summed E-state index contributed by atoms with van der Waals surface area (Å²) >= 11 is 1.61. The molecule has 0 radical (unpaired) electrons. The summed E-state index contributed by atoms with van der Waals surface area (Å²) in [6.07, 6.45) is 3.11. The summed E-state index contributed by atoms with van der Waals surface area (Å²) in [4.78, 5) is 26.7. The summed E-state index contributed by atoms with van der Waals surface area (Å²) in [7, 11) is 0. The molecule has 0 spiro atoms. The predicted octanol–water partition coefficient (Wildman–Crippen LogP) is 3.33. The number of halogens is 1. The summed E-state index contributed by atoms with van der Waals surface area (Å²) < 4.78 is 19.8. The highest BCUT2D eigenvalue weighted by atomic mass is 32.1. The van der Waals surface area contributed by atoms with Crippen LogP contribution in [0.5, 0.6) is 0 Å². The number of hydrogen-bond donors (Lipinski definition) is 0. The van der Waals surface area contributed by atoms with Gasteiger partial charge in [-0.3, -0.25) is 4.79 Å². The zero-order chi connectivity index (χ0) is 19.8. The summed E-state index contributed by atoms with van der Waals surface area (Å²) in [5.74, 6) is 0.771. The quantitative estimate of drug-likeness (QED) is 0.661. The maximum Gasteiger partial charge on any atom is 0.251 e. The number of anilines is 1. The first-order chi connectivity index (χ1) is 14.2. The van der Waals surface area contributed by atoms with Gasteiger partial charge in [-0.1, -0.05) is 12.1 Å². The van der Waals surface area contributed by atoms with Crippen LogP contribution in [0.3, 0.4) is 0 Å². The van der Waals surface area contributed by atoms with Crippen molar-refractivity contribution in [1.29, 1.82) is 0 Å². The number of benzene rings is 1. The third-order valence-corrected chi connectivity index (χ3v) is 6.69. The third-order valence-electron chi connectivity index (χ3n) is 5.52. The van der Waals surface area contributed by atoms with Gasteiger partial charge in [0.05, 0.1) is 10.2 Å². The van der Waals surface area contributed by atoms with Crippen molar-refractivity contribution < 1.29 is 13.9 Å². The maximum atomic E-state index is 13.2. The molecule has 2 saturated heterocycles. The first kappa shape index (κ1) is 18.4. The average molecular weight is 412 g/mol. The van der Waals surface area contributed by atoms with E-state index in [0.717, 1.165) is 52.4 Å². The van der Waals surface area contributed by atoms with Crippen molar-refractivity contribution in [2.24, 2.45) is 0 Å². The molecule has 0 unspecified atom stereocenters. The van der Waals surface area contributed by atoms with Crippen LogP contribution in [0.2, 0.25) is 0 Å². The lowest BCUT2D eigenvalue weighted by Gasteiger charge is -2.36. The number of carbonyl (C=O) groups excluding carboxylic acids is 1. The maximum absolute atomic E-state index is 13.2. The minimum Gasteiger partial charge on any atom is -0.368 e. The molecule has 29 heavy (non-hydrogen) atoms. The second kappa shape index (κ2) is 7.68. The van der Waals surface area contributed by atoms with E-state index in [9.17, 15) is 9.18 Å². The summed E-state index contributed by atoms with van der Waals surface area (Å²) in [6.45, 7) is 3.48. The van der Waals surface area contributed by atoms with Gasteiger partial charge in [0.25, 0.3) is 5.91 Å². The number of nitrogens with zero attached hydrogens (tertiary/aromatic N) is 4. The van der Waals surface area contributed by atoms with E-state index in [2.05, 4.69) is 14.9 Å². The average Bonchev–Trinajstić information content (AvgIpc) is 3.44. The Hall–Kier alpha value is -2.58. The summed E-state index contributed by atoms with van der Waals surface area (Å²) in [5, 5.41) is 0. The highest BCUT2D eigenvalue weighted by Crippen LogP contribution is 2.37. The van der Waals surface area contributed by atoms with Gasteiger partial charge < -0.3 is 14.5 Å². The lowest BCUT2D eigenvalue weighted by Crippen LogP contribution is -2.51. The van der Waals surface area contributed by atoms with Gasteiger partial charge in [-0.2, -0.15) is 0 Å². The van der Waals surface area contributed by atoms with Gasteiger partial charge in [0, 0.05) is 37.7 Å². The van der Waals surface area contributed by atoms with Gasteiger partial charge >= 0.3 is 0 Å². The van der Waals surface area contributed by atoms with Crippen LogP contribution in [0.15, 0.2) is 36.7 Å². The van der Waals surface area contributed by atoms with Crippen LogP contribution in [-0.4, -0.2) is 59.7 Å². The van der Waals surface area contributed by atoms with Gasteiger partial charge in [-0.15, -0.1) is 11.3 Å². The Kier molecular flexibility index (Phi) is 4.89. The zero-order valence-corrected chi connectivity index (χ0v) is 16.7. The molecule has 5 rings (SSSR count). The largest absolute Gasteiger partial charge is 0.368 e. The second-order valence-electron chi connectivity index (χ2n) is 7.34. The van der Waals surface area contributed by atoms with Crippen LogP contribution in [0.25, 0.3) is 20.7 Å². The van der Waals surface area contributed by atoms with Crippen molar-refractivity contribution in [3.8, 4) is 10.4 Å². The lowest BCUT2D eigenvalue weighted by molar-refractivity contribution is -0.141. The number of piperazine rings is 1. The molecule has 2 aliphatic rings. The molecular formula is C21H21FN4O2S. The van der Waals surface area contributed by atoms with Crippen molar-refractivity contribution in [1.82, 2.24) is 14.9 Å². The van der Waals surface area contributed by atoms with Crippen LogP contribution in [0, 0.1) is 5.82 Å². The number of hydrogen-bond acceptors (Lipinski definition) is 6. The van der Waals surface area contributed by atoms with E-state index in [1.165, 1.54) is 12.1 Å². The predicted molar refractivity (Wildman–Crippen MR) is 111 cm³/mol. The molecule has 3 aromatic rings. The Morgan fingerprint density at radius 2 is 1.93 bits per heavy atom. The van der Waals surface area contributed by atoms with Crippen molar-refractivity contribution in [3.63, 3.8) is 0 Å². The van der Waals surface area contributed by atoms with Crippen molar-refractivity contribution >= 4 is 33.3 Å². The molecule has 2 aromatic heterocycles. The zero-order valence-electron chi connectivity index (χ0n) is 15.9. The van der Waals surface area contributed by atoms with Crippen molar-refractivity contribution in [2.75, 3.05) is 37.7 Å². The van der Waals surface area contributed by atoms with E-state index in [-0.39, 0.29) is 17.8 Å². The molecule has 0 N–H and O–H groups in total. The van der Waals surface area contributed by atoms with Crippen LogP contribution in [-0.2, 0) is 9.53 Å². The molecule has 150 valence electrons. The summed E-state index contributed by atoms with van der Waals surface area (Å²) in [6, 6.07) is 8.52. The molecule has 1 aromatic carbocycles. The van der Waals surface area contributed by atoms with Crippen molar-refractivity contribution in [2.45, 2.75) is 18.9 Å². The monoisotopic (exact) mass is 412 g/mol. The van der Waals surface area contributed by atoms with Crippen molar-refractivity contribution in [3.05, 3.63) is 42.5 Å². The van der Waals surface area contributed by atoms with E-state index in [4.69, 9.17) is 4.74 Å². The van der Waals surface area contributed by atoms with Crippen LogP contribution in [0.1, 0.15) is 12.8 Å². The number of amides is 1. The molecule has 6 nitrogen and oxygen atoms in total. The fourth-order valence-electron chi connectivity index (χ4n) is 3.94. The Bertz CT molecular complexity index is 1020. The molecule has 0 bridgehead atoms. The van der Waals surface area contributed by atoms with E-state index < -0.39 is 0 Å². The van der Waals surface area contributed by atoms with Crippen LogP contribution < -0.4 is 4.90 Å². The minimum absolute atomic E-state index is 0.115. The number of thiophene rings is 1. The standard InChI is InChI=1S/C21H21FN4O2S/c22-15-5-3-14(4-6-15)18-12-16-19(29-18)20(24-13-23-16)25-7-9-26(10-8-25)21(27)17-2-1-11-28-17/h3-6,12-13,17H,1-2,7-11H2/t17-/m0/s1.